The number of hydrogen-bond acceptors (Lipinski definition) is 5. The van der Waals surface area contributed by atoms with Gasteiger partial charge in [0.25, 0.3) is 5.91 Å². The van der Waals surface area contributed by atoms with Crippen LogP contribution < -0.4 is 0 Å². The summed E-state index contributed by atoms with van der Waals surface area (Å²) in [7, 11) is 0. The molecule has 6 heteroatoms. The molecular formula is C20H23N3OS2. The molecule has 3 aliphatic rings. The number of carbonyl (C=O) groups is 1. The highest BCUT2D eigenvalue weighted by atomic mass is 32.1. The van der Waals surface area contributed by atoms with Crippen LogP contribution in [0.4, 0.5) is 0 Å². The zero-order chi connectivity index (χ0) is 17.5. The third-order valence-corrected chi connectivity index (χ3v) is 7.33. The van der Waals surface area contributed by atoms with Gasteiger partial charge in [-0.25, -0.2) is 5.01 Å². The van der Waals surface area contributed by atoms with E-state index < -0.39 is 0 Å². The van der Waals surface area contributed by atoms with Crippen molar-refractivity contribution in [3.05, 3.63) is 44.8 Å². The lowest BCUT2D eigenvalue weighted by atomic mass is 10.1. The fourth-order valence-corrected chi connectivity index (χ4v) is 5.23. The number of rotatable bonds is 7. The van der Waals surface area contributed by atoms with E-state index in [1.54, 1.807) is 27.7 Å². The van der Waals surface area contributed by atoms with Crippen molar-refractivity contribution in [2.24, 2.45) is 11.0 Å². The van der Waals surface area contributed by atoms with Crippen LogP contribution >= 0.6 is 22.7 Å². The van der Waals surface area contributed by atoms with E-state index in [0.717, 1.165) is 24.6 Å². The first-order valence-corrected chi connectivity index (χ1v) is 11.2. The van der Waals surface area contributed by atoms with Gasteiger partial charge < -0.3 is 0 Å². The molecule has 26 heavy (non-hydrogen) atoms. The lowest BCUT2D eigenvalue weighted by Gasteiger charge is -2.26. The predicted molar refractivity (Wildman–Crippen MR) is 107 cm³/mol. The molecule has 0 aromatic carbocycles. The van der Waals surface area contributed by atoms with Crippen LogP contribution in [0.3, 0.4) is 0 Å². The van der Waals surface area contributed by atoms with Gasteiger partial charge in [0, 0.05) is 23.9 Å². The van der Waals surface area contributed by atoms with Crippen LogP contribution in [0.1, 0.15) is 47.9 Å². The van der Waals surface area contributed by atoms with E-state index in [-0.39, 0.29) is 11.9 Å². The van der Waals surface area contributed by atoms with E-state index in [0.29, 0.717) is 12.6 Å². The molecule has 1 unspecified atom stereocenters. The fraction of sp³-hybridized carbons (Fsp3) is 0.500. The molecule has 0 bridgehead atoms. The van der Waals surface area contributed by atoms with Gasteiger partial charge >= 0.3 is 0 Å². The number of hydrogen-bond donors (Lipinski definition) is 0. The molecule has 3 heterocycles. The van der Waals surface area contributed by atoms with Gasteiger partial charge in [-0.05, 0) is 54.5 Å². The van der Waals surface area contributed by atoms with Crippen molar-refractivity contribution in [2.75, 3.05) is 13.1 Å². The van der Waals surface area contributed by atoms with Gasteiger partial charge in [0.2, 0.25) is 0 Å². The first-order valence-electron chi connectivity index (χ1n) is 9.49. The summed E-state index contributed by atoms with van der Waals surface area (Å²) in [6.07, 6.45) is 5.98. The third-order valence-electron chi connectivity index (χ3n) is 5.43. The Bertz CT molecular complexity index is 791. The Balaban J connectivity index is 1.36. The Kier molecular flexibility index (Phi) is 4.43. The van der Waals surface area contributed by atoms with Crippen molar-refractivity contribution in [1.29, 1.82) is 0 Å². The van der Waals surface area contributed by atoms with Crippen molar-refractivity contribution < 1.29 is 4.79 Å². The highest BCUT2D eigenvalue weighted by Gasteiger charge is 2.38. The van der Waals surface area contributed by atoms with Gasteiger partial charge in [-0.1, -0.05) is 12.1 Å². The lowest BCUT2D eigenvalue weighted by molar-refractivity contribution is -0.134. The van der Waals surface area contributed by atoms with Crippen LogP contribution in [0.15, 0.2) is 40.1 Å². The minimum absolute atomic E-state index is 0.0570. The number of thiophene rings is 2. The van der Waals surface area contributed by atoms with Crippen molar-refractivity contribution in [2.45, 2.75) is 44.2 Å². The summed E-state index contributed by atoms with van der Waals surface area (Å²) in [5.74, 6) is 0.975. The maximum Gasteiger partial charge on any atom is 0.257 e. The van der Waals surface area contributed by atoms with Crippen LogP contribution in [0.2, 0.25) is 0 Å². The van der Waals surface area contributed by atoms with Gasteiger partial charge in [-0.3, -0.25) is 9.69 Å². The Morgan fingerprint density at radius 2 is 1.96 bits per heavy atom. The first-order chi connectivity index (χ1) is 12.8. The maximum atomic E-state index is 13.2. The monoisotopic (exact) mass is 385 g/mol. The molecular weight excluding hydrogens is 362 g/mol. The van der Waals surface area contributed by atoms with Crippen LogP contribution in [0, 0.1) is 5.92 Å². The van der Waals surface area contributed by atoms with Crippen molar-refractivity contribution in [1.82, 2.24) is 9.91 Å². The first kappa shape index (κ1) is 16.7. The molecule has 5 rings (SSSR count). The minimum Gasteiger partial charge on any atom is -0.291 e. The molecule has 1 aliphatic heterocycles. The topological polar surface area (TPSA) is 35.9 Å². The lowest BCUT2D eigenvalue weighted by Crippen LogP contribution is -2.40. The second-order valence-electron chi connectivity index (χ2n) is 7.60. The highest BCUT2D eigenvalue weighted by molar-refractivity contribution is 7.12. The second kappa shape index (κ2) is 6.91. The molecule has 0 radical (unpaired) electrons. The predicted octanol–water partition coefficient (Wildman–Crippen LogP) is 4.36. The zero-order valence-electron chi connectivity index (χ0n) is 14.7. The largest absolute Gasteiger partial charge is 0.291 e. The number of amides is 1. The van der Waals surface area contributed by atoms with E-state index in [1.807, 2.05) is 0 Å². The maximum absolute atomic E-state index is 13.2. The molecule has 2 saturated carbocycles. The Morgan fingerprint density at radius 3 is 2.62 bits per heavy atom. The number of carbonyl (C=O) groups excluding carboxylic acids is 1. The molecule has 1 amide bonds. The molecule has 2 aliphatic carbocycles. The van der Waals surface area contributed by atoms with Crippen LogP contribution in [-0.2, 0) is 4.79 Å². The molecule has 0 N–H and O–H groups in total. The summed E-state index contributed by atoms with van der Waals surface area (Å²) >= 11 is 3.42. The van der Waals surface area contributed by atoms with Crippen molar-refractivity contribution in [3.63, 3.8) is 0 Å². The zero-order valence-corrected chi connectivity index (χ0v) is 16.3. The molecule has 0 saturated heterocycles. The average Bonchev–Trinajstić information content (AvgIpc) is 3.45. The van der Waals surface area contributed by atoms with Gasteiger partial charge in [0.15, 0.2) is 0 Å². The molecule has 2 aromatic rings. The smallest absolute Gasteiger partial charge is 0.257 e. The van der Waals surface area contributed by atoms with Crippen molar-refractivity contribution in [3.8, 4) is 0 Å². The molecule has 2 aromatic heterocycles. The Morgan fingerprint density at radius 1 is 1.15 bits per heavy atom. The summed E-state index contributed by atoms with van der Waals surface area (Å²) in [6.45, 7) is 1.61. The quantitative estimate of drug-likeness (QED) is 0.710. The van der Waals surface area contributed by atoms with Gasteiger partial charge in [-0.2, -0.15) is 5.10 Å². The number of nitrogens with zero attached hydrogens (tertiary/aromatic N) is 3. The van der Waals surface area contributed by atoms with E-state index >= 15 is 0 Å². The molecule has 136 valence electrons. The summed E-state index contributed by atoms with van der Waals surface area (Å²) in [5, 5.41) is 10.7. The van der Waals surface area contributed by atoms with Crippen LogP contribution in [0.25, 0.3) is 0 Å². The summed E-state index contributed by atoms with van der Waals surface area (Å²) in [6, 6.07) is 9.04. The Hall–Kier alpha value is -1.50. The molecule has 1 atom stereocenters. The van der Waals surface area contributed by atoms with Crippen LogP contribution in [0.5, 0.6) is 0 Å². The van der Waals surface area contributed by atoms with Gasteiger partial charge in [0.1, 0.15) is 0 Å². The van der Waals surface area contributed by atoms with Gasteiger partial charge in [0.05, 0.1) is 23.2 Å². The third kappa shape index (κ3) is 3.50. The fourth-order valence-electron chi connectivity index (χ4n) is 3.70. The van der Waals surface area contributed by atoms with E-state index in [9.17, 15) is 4.79 Å². The van der Waals surface area contributed by atoms with Crippen LogP contribution in [-0.4, -0.2) is 40.7 Å². The molecule has 2 fully saturated rings. The SMILES string of the molecule is O=C(CN(CC1CC1)C1CC1)N1N=C(c2cccs2)CC1c1cccs1. The van der Waals surface area contributed by atoms with Crippen molar-refractivity contribution >= 4 is 34.3 Å². The Labute approximate surface area is 162 Å². The standard InChI is InChI=1S/C20H23N3OS2/c24-20(13-22(15-7-8-15)12-14-5-6-14)23-17(19-4-2-10-26-19)11-16(21-23)18-3-1-9-25-18/h1-4,9-10,14-15,17H,5-8,11-13H2. The second-order valence-corrected chi connectivity index (χ2v) is 9.53. The highest BCUT2D eigenvalue weighted by Crippen LogP contribution is 2.38. The molecule has 0 spiro atoms. The van der Waals surface area contributed by atoms with E-state index in [4.69, 9.17) is 5.10 Å². The molecule has 4 nitrogen and oxygen atoms in total. The summed E-state index contributed by atoms with van der Waals surface area (Å²) in [5.41, 5.74) is 1.05. The summed E-state index contributed by atoms with van der Waals surface area (Å²) < 4.78 is 0. The minimum atomic E-state index is 0.0570. The van der Waals surface area contributed by atoms with Gasteiger partial charge in [-0.15, -0.1) is 22.7 Å². The summed E-state index contributed by atoms with van der Waals surface area (Å²) in [4.78, 5) is 18.0. The number of hydrazone groups is 1. The average molecular weight is 386 g/mol. The van der Waals surface area contributed by atoms with E-state index in [1.165, 1.54) is 35.4 Å². The normalized spacial score (nSPS) is 22.9. The van der Waals surface area contributed by atoms with E-state index in [2.05, 4.69) is 39.9 Å².